The first-order chi connectivity index (χ1) is 13.2. The van der Waals surface area contributed by atoms with Crippen molar-refractivity contribution in [2.75, 3.05) is 0 Å². The quantitative estimate of drug-likeness (QED) is 0.382. The van der Waals surface area contributed by atoms with Gasteiger partial charge < -0.3 is 4.98 Å². The third-order valence-electron chi connectivity index (χ3n) is 4.76. The van der Waals surface area contributed by atoms with Crippen LogP contribution in [0.15, 0.2) is 24.3 Å². The number of aromatic amines is 1. The van der Waals surface area contributed by atoms with E-state index in [2.05, 4.69) is 18.8 Å². The Labute approximate surface area is 168 Å². The molecular formula is C22H25NO2S2. The third-order valence-corrected chi connectivity index (χ3v) is 6.81. The molecule has 27 heavy (non-hydrogen) atoms. The Morgan fingerprint density at radius 3 is 1.56 bits per heavy atom. The predicted molar refractivity (Wildman–Crippen MR) is 115 cm³/mol. The van der Waals surface area contributed by atoms with Gasteiger partial charge >= 0.3 is 0 Å². The minimum Gasteiger partial charge on any atom is -0.353 e. The number of hydrogen-bond donors (Lipinski definition) is 1. The maximum Gasteiger partial charge on any atom is 0.160 e. The maximum absolute atomic E-state index is 11.1. The van der Waals surface area contributed by atoms with Gasteiger partial charge in [-0.1, -0.05) is 26.7 Å². The van der Waals surface area contributed by atoms with Crippen LogP contribution in [0.1, 0.15) is 70.0 Å². The summed E-state index contributed by atoms with van der Waals surface area (Å²) in [5.74, 6) is 0. The summed E-state index contributed by atoms with van der Waals surface area (Å²) in [5.41, 5.74) is 5.04. The molecule has 3 aromatic heterocycles. The average molecular weight is 400 g/mol. The minimum absolute atomic E-state index is 0.747. The van der Waals surface area contributed by atoms with Crippen LogP contribution in [0.25, 0.3) is 21.1 Å². The van der Waals surface area contributed by atoms with Crippen LogP contribution < -0.4 is 0 Å². The highest BCUT2D eigenvalue weighted by atomic mass is 32.1. The summed E-state index contributed by atoms with van der Waals surface area (Å²) in [6.07, 6.45) is 8.45. The minimum atomic E-state index is 0.747. The van der Waals surface area contributed by atoms with Gasteiger partial charge in [-0.2, -0.15) is 0 Å². The van der Waals surface area contributed by atoms with Crippen molar-refractivity contribution < 1.29 is 9.59 Å². The van der Waals surface area contributed by atoms with Gasteiger partial charge in [0.1, 0.15) is 0 Å². The summed E-state index contributed by atoms with van der Waals surface area (Å²) in [5, 5.41) is 0. The zero-order valence-corrected chi connectivity index (χ0v) is 17.5. The van der Waals surface area contributed by atoms with E-state index in [1.807, 2.05) is 24.3 Å². The summed E-state index contributed by atoms with van der Waals surface area (Å²) in [7, 11) is 0. The summed E-state index contributed by atoms with van der Waals surface area (Å²) in [6, 6.07) is 7.85. The third kappa shape index (κ3) is 4.30. The van der Waals surface area contributed by atoms with E-state index in [9.17, 15) is 9.59 Å². The van der Waals surface area contributed by atoms with Gasteiger partial charge in [-0.15, -0.1) is 22.7 Å². The monoisotopic (exact) mass is 399 g/mol. The lowest BCUT2D eigenvalue weighted by molar-refractivity contribution is 0.111. The van der Waals surface area contributed by atoms with E-state index < -0.39 is 0 Å². The molecule has 0 aliphatic rings. The number of nitrogens with one attached hydrogen (secondary N) is 1. The Bertz CT molecular complexity index is 844. The zero-order valence-electron chi connectivity index (χ0n) is 15.8. The van der Waals surface area contributed by atoms with E-state index in [1.54, 1.807) is 0 Å². The van der Waals surface area contributed by atoms with Crippen LogP contribution in [0.4, 0.5) is 0 Å². The van der Waals surface area contributed by atoms with Crippen LogP contribution in [-0.4, -0.2) is 17.6 Å². The molecule has 1 N–H and O–H groups in total. The molecule has 0 atom stereocenters. The van der Waals surface area contributed by atoms with Crippen LogP contribution in [0, 0.1) is 0 Å². The van der Waals surface area contributed by atoms with Crippen molar-refractivity contribution in [1.82, 2.24) is 4.98 Å². The molecule has 3 nitrogen and oxygen atoms in total. The predicted octanol–water partition coefficient (Wildman–Crippen LogP) is 6.78. The molecule has 3 heterocycles. The number of hydrogen-bond acceptors (Lipinski definition) is 4. The molecule has 0 aromatic carbocycles. The van der Waals surface area contributed by atoms with Crippen LogP contribution in [0.2, 0.25) is 0 Å². The van der Waals surface area contributed by atoms with Crippen molar-refractivity contribution in [3.05, 3.63) is 45.1 Å². The van der Waals surface area contributed by atoms with Crippen molar-refractivity contribution in [2.45, 2.75) is 52.4 Å². The highest BCUT2D eigenvalue weighted by molar-refractivity contribution is 7.17. The molecule has 3 rings (SSSR count). The lowest BCUT2D eigenvalue weighted by Gasteiger charge is -2.07. The summed E-state index contributed by atoms with van der Waals surface area (Å²) >= 11 is 3.06. The van der Waals surface area contributed by atoms with E-state index in [-0.39, 0.29) is 0 Å². The molecule has 0 fully saturated rings. The number of rotatable bonds is 10. The second kappa shape index (κ2) is 9.29. The van der Waals surface area contributed by atoms with Crippen molar-refractivity contribution in [1.29, 1.82) is 0 Å². The first kappa shape index (κ1) is 19.8. The van der Waals surface area contributed by atoms with Gasteiger partial charge in [-0.25, -0.2) is 0 Å². The Kier molecular flexibility index (Phi) is 6.80. The van der Waals surface area contributed by atoms with Gasteiger partial charge in [0.15, 0.2) is 12.6 Å². The van der Waals surface area contributed by atoms with Gasteiger partial charge in [-0.3, -0.25) is 9.59 Å². The normalized spacial score (nSPS) is 11.0. The van der Waals surface area contributed by atoms with Gasteiger partial charge in [-0.05, 0) is 61.1 Å². The number of unbranched alkanes of at least 4 members (excludes halogenated alkanes) is 2. The summed E-state index contributed by atoms with van der Waals surface area (Å²) in [6.45, 7) is 4.43. The largest absolute Gasteiger partial charge is 0.353 e. The molecule has 0 spiro atoms. The van der Waals surface area contributed by atoms with Crippen LogP contribution in [0.3, 0.4) is 0 Å². The molecule has 5 heteroatoms. The van der Waals surface area contributed by atoms with Crippen LogP contribution >= 0.6 is 22.7 Å². The second-order valence-electron chi connectivity index (χ2n) is 6.68. The Hall–Kier alpha value is -1.98. The van der Waals surface area contributed by atoms with Gasteiger partial charge in [0.05, 0.1) is 30.9 Å². The molecule has 142 valence electrons. The highest BCUT2D eigenvalue weighted by Gasteiger charge is 2.21. The molecule has 0 saturated heterocycles. The molecule has 0 bridgehead atoms. The van der Waals surface area contributed by atoms with E-state index in [4.69, 9.17) is 0 Å². The molecule has 0 aliphatic carbocycles. The maximum atomic E-state index is 11.1. The number of thiophene rings is 2. The van der Waals surface area contributed by atoms with Gasteiger partial charge in [0.2, 0.25) is 0 Å². The fourth-order valence-electron chi connectivity index (χ4n) is 3.36. The summed E-state index contributed by atoms with van der Waals surface area (Å²) in [4.78, 5) is 29.7. The number of aldehydes is 2. The lowest BCUT2D eigenvalue weighted by atomic mass is 9.97. The number of aromatic nitrogens is 1. The molecule has 3 aromatic rings. The number of carbonyl (C=O) groups excluding carboxylic acids is 2. The second-order valence-corrected chi connectivity index (χ2v) is 8.91. The smallest absolute Gasteiger partial charge is 0.160 e. The van der Waals surface area contributed by atoms with E-state index in [0.29, 0.717) is 0 Å². The van der Waals surface area contributed by atoms with Gasteiger partial charge in [0, 0.05) is 0 Å². The fraction of sp³-hybridized carbons (Fsp3) is 0.364. The first-order valence-corrected chi connectivity index (χ1v) is 11.2. The van der Waals surface area contributed by atoms with E-state index in [0.717, 1.165) is 82.0 Å². The Morgan fingerprint density at radius 2 is 1.22 bits per heavy atom. The highest BCUT2D eigenvalue weighted by Crippen LogP contribution is 2.40. The standard InChI is InChI=1S/C22H25NO2S2/c1-3-5-7-17-18(8-6-4-2)22(20-12-10-16(14-25)27-20)23-21(17)19-11-9-15(13-24)26-19/h9-14,23H,3-8H2,1-2H3. The Balaban J connectivity index is 2.15. The average Bonchev–Trinajstić information content (AvgIpc) is 3.42. The number of H-pyrrole nitrogens is 1. The van der Waals surface area contributed by atoms with E-state index >= 15 is 0 Å². The molecule has 0 aliphatic heterocycles. The topological polar surface area (TPSA) is 49.9 Å². The molecule has 0 unspecified atom stereocenters. The van der Waals surface area contributed by atoms with Crippen molar-refractivity contribution in [2.24, 2.45) is 0 Å². The SMILES string of the molecule is CCCCc1c(-c2ccc(C=O)s2)[nH]c(-c2ccc(C=O)s2)c1CCCC. The van der Waals surface area contributed by atoms with Crippen LogP contribution in [0.5, 0.6) is 0 Å². The summed E-state index contributed by atoms with van der Waals surface area (Å²) < 4.78 is 0. The molecule has 0 radical (unpaired) electrons. The fourth-order valence-corrected chi connectivity index (χ4v) is 5.06. The Morgan fingerprint density at radius 1 is 0.778 bits per heavy atom. The zero-order chi connectivity index (χ0) is 19.2. The first-order valence-electron chi connectivity index (χ1n) is 9.56. The van der Waals surface area contributed by atoms with Crippen molar-refractivity contribution in [3.63, 3.8) is 0 Å². The molecular weight excluding hydrogens is 374 g/mol. The van der Waals surface area contributed by atoms with Crippen LogP contribution in [-0.2, 0) is 12.8 Å². The van der Waals surface area contributed by atoms with Gasteiger partial charge in [0.25, 0.3) is 0 Å². The van der Waals surface area contributed by atoms with Crippen molar-refractivity contribution >= 4 is 35.2 Å². The molecule has 0 amide bonds. The lowest BCUT2D eigenvalue weighted by Crippen LogP contribution is -1.94. The number of carbonyl (C=O) groups is 2. The van der Waals surface area contributed by atoms with E-state index in [1.165, 1.54) is 33.8 Å². The van der Waals surface area contributed by atoms with Crippen molar-refractivity contribution in [3.8, 4) is 21.1 Å². The molecule has 0 saturated carbocycles.